The summed E-state index contributed by atoms with van der Waals surface area (Å²) in [6, 6.07) is 1.11. The van der Waals surface area contributed by atoms with E-state index in [0.29, 0.717) is 12.1 Å². The van der Waals surface area contributed by atoms with E-state index in [2.05, 4.69) is 24.1 Å². The van der Waals surface area contributed by atoms with Gasteiger partial charge in [-0.05, 0) is 52.5 Å². The Morgan fingerprint density at radius 2 is 2.00 bits per heavy atom. The molecule has 1 heterocycles. The molecular weight excluding hydrogens is 188 g/mol. The maximum absolute atomic E-state index is 12.0. The summed E-state index contributed by atoms with van der Waals surface area (Å²) in [5.41, 5.74) is 0. The van der Waals surface area contributed by atoms with Gasteiger partial charge in [0.15, 0.2) is 0 Å². The lowest BCUT2D eigenvalue weighted by atomic mass is 9.93. The van der Waals surface area contributed by atoms with Crippen molar-refractivity contribution in [2.24, 2.45) is 0 Å². The average Bonchev–Trinajstić information content (AvgIpc) is 2.59. The number of hydrogen-bond acceptors (Lipinski definition) is 2. The number of carbonyl (C=O) groups excluding carboxylic acids is 1. The highest BCUT2D eigenvalue weighted by atomic mass is 16.2. The van der Waals surface area contributed by atoms with Crippen molar-refractivity contribution in [2.45, 2.75) is 64.1 Å². The largest absolute Gasteiger partial charge is 0.352 e. The maximum atomic E-state index is 12.0. The first-order valence-electron chi connectivity index (χ1n) is 6.24. The molecule has 0 aromatic carbocycles. The lowest BCUT2D eigenvalue weighted by Gasteiger charge is -2.32. The van der Waals surface area contributed by atoms with Gasteiger partial charge in [-0.3, -0.25) is 9.69 Å². The quantitative estimate of drug-likeness (QED) is 0.766. The Morgan fingerprint density at radius 1 is 1.27 bits per heavy atom. The predicted octanol–water partition coefficient (Wildman–Crippen LogP) is 1.53. The van der Waals surface area contributed by atoms with E-state index in [1.54, 1.807) is 0 Å². The van der Waals surface area contributed by atoms with E-state index in [4.69, 9.17) is 0 Å². The Morgan fingerprint density at radius 3 is 2.53 bits per heavy atom. The van der Waals surface area contributed by atoms with Crippen LogP contribution in [0.4, 0.5) is 0 Å². The molecule has 1 unspecified atom stereocenters. The molecule has 2 rings (SSSR count). The maximum Gasteiger partial charge on any atom is 0.237 e. The predicted molar refractivity (Wildman–Crippen MR) is 60.6 cm³/mol. The fraction of sp³-hybridized carbons (Fsp3) is 0.917. The molecule has 1 amide bonds. The van der Waals surface area contributed by atoms with Crippen LogP contribution < -0.4 is 5.32 Å². The van der Waals surface area contributed by atoms with Crippen molar-refractivity contribution in [3.63, 3.8) is 0 Å². The van der Waals surface area contributed by atoms with Crippen molar-refractivity contribution < 1.29 is 4.79 Å². The van der Waals surface area contributed by atoms with E-state index in [9.17, 15) is 4.79 Å². The summed E-state index contributed by atoms with van der Waals surface area (Å²) < 4.78 is 0. The lowest BCUT2D eigenvalue weighted by Crippen LogP contribution is -2.50. The minimum absolute atomic E-state index is 0.144. The number of likely N-dealkylation sites (tertiary alicyclic amines) is 1. The second kappa shape index (κ2) is 4.52. The lowest BCUT2D eigenvalue weighted by molar-refractivity contribution is -0.127. The minimum Gasteiger partial charge on any atom is -0.352 e. The van der Waals surface area contributed by atoms with Crippen LogP contribution in [-0.2, 0) is 4.79 Å². The van der Waals surface area contributed by atoms with E-state index in [1.165, 1.54) is 25.7 Å². The van der Waals surface area contributed by atoms with Gasteiger partial charge in [0, 0.05) is 12.1 Å². The Balaban J connectivity index is 1.87. The Labute approximate surface area is 92.2 Å². The summed E-state index contributed by atoms with van der Waals surface area (Å²) in [4.78, 5) is 14.3. The molecule has 2 fully saturated rings. The van der Waals surface area contributed by atoms with E-state index in [1.807, 2.05) is 0 Å². The molecule has 0 aromatic heterocycles. The van der Waals surface area contributed by atoms with Crippen molar-refractivity contribution >= 4 is 5.91 Å². The molecule has 0 aromatic rings. The molecule has 3 heteroatoms. The highest BCUT2D eigenvalue weighted by molar-refractivity contribution is 5.82. The minimum atomic E-state index is 0.144. The zero-order valence-corrected chi connectivity index (χ0v) is 9.83. The zero-order valence-electron chi connectivity index (χ0n) is 9.83. The zero-order chi connectivity index (χ0) is 10.8. The van der Waals surface area contributed by atoms with Crippen molar-refractivity contribution in [2.75, 3.05) is 6.54 Å². The van der Waals surface area contributed by atoms with Gasteiger partial charge in [-0.1, -0.05) is 0 Å². The highest BCUT2D eigenvalue weighted by Crippen LogP contribution is 2.22. The Bertz CT molecular complexity index is 236. The Kier molecular flexibility index (Phi) is 3.29. The van der Waals surface area contributed by atoms with Crippen LogP contribution in [-0.4, -0.2) is 35.5 Å². The molecule has 1 aliphatic heterocycles. The summed E-state index contributed by atoms with van der Waals surface area (Å²) in [6.07, 6.45) is 5.85. The van der Waals surface area contributed by atoms with Crippen molar-refractivity contribution in [1.29, 1.82) is 0 Å². The molecule has 1 saturated carbocycles. The van der Waals surface area contributed by atoms with Crippen LogP contribution >= 0.6 is 0 Å². The fourth-order valence-electron chi connectivity index (χ4n) is 2.54. The van der Waals surface area contributed by atoms with Crippen LogP contribution in [0.15, 0.2) is 0 Å². The van der Waals surface area contributed by atoms with Gasteiger partial charge in [-0.25, -0.2) is 0 Å². The van der Waals surface area contributed by atoms with E-state index < -0.39 is 0 Å². The first-order valence-corrected chi connectivity index (χ1v) is 6.24. The first kappa shape index (κ1) is 10.9. The third kappa shape index (κ3) is 2.33. The van der Waals surface area contributed by atoms with Crippen molar-refractivity contribution in [3.05, 3.63) is 0 Å². The van der Waals surface area contributed by atoms with Crippen LogP contribution in [0.5, 0.6) is 0 Å². The van der Waals surface area contributed by atoms with Gasteiger partial charge in [0.2, 0.25) is 5.91 Å². The van der Waals surface area contributed by atoms with Gasteiger partial charge in [0.25, 0.3) is 0 Å². The van der Waals surface area contributed by atoms with Crippen LogP contribution in [0, 0.1) is 0 Å². The number of carbonyl (C=O) groups is 1. The summed E-state index contributed by atoms with van der Waals surface area (Å²) >= 11 is 0. The standard InChI is InChI=1S/C12H22N2O/c1-9(2)14-8-4-7-11(14)12(15)13-10-5-3-6-10/h9-11H,3-8H2,1-2H3,(H,13,15). The molecular formula is C12H22N2O. The molecule has 1 N–H and O–H groups in total. The van der Waals surface area contributed by atoms with Gasteiger partial charge >= 0.3 is 0 Å². The molecule has 1 aliphatic carbocycles. The van der Waals surface area contributed by atoms with Crippen molar-refractivity contribution in [1.82, 2.24) is 10.2 Å². The number of nitrogens with one attached hydrogen (secondary N) is 1. The van der Waals surface area contributed by atoms with Gasteiger partial charge in [0.1, 0.15) is 0 Å². The molecule has 0 radical (unpaired) electrons. The van der Waals surface area contributed by atoms with Gasteiger partial charge in [0.05, 0.1) is 6.04 Å². The second-order valence-electron chi connectivity index (χ2n) is 5.13. The van der Waals surface area contributed by atoms with E-state index >= 15 is 0 Å². The normalized spacial score (nSPS) is 28.1. The molecule has 1 saturated heterocycles. The summed E-state index contributed by atoms with van der Waals surface area (Å²) in [5.74, 6) is 0.269. The molecule has 1 atom stereocenters. The van der Waals surface area contributed by atoms with Crippen LogP contribution in [0.2, 0.25) is 0 Å². The van der Waals surface area contributed by atoms with Crippen LogP contribution in [0.3, 0.4) is 0 Å². The summed E-state index contributed by atoms with van der Waals surface area (Å²) in [6.45, 7) is 5.43. The van der Waals surface area contributed by atoms with Crippen LogP contribution in [0.25, 0.3) is 0 Å². The van der Waals surface area contributed by atoms with Gasteiger partial charge < -0.3 is 5.32 Å². The fourth-order valence-corrected chi connectivity index (χ4v) is 2.54. The number of hydrogen-bond donors (Lipinski definition) is 1. The number of rotatable bonds is 3. The monoisotopic (exact) mass is 210 g/mol. The molecule has 0 spiro atoms. The molecule has 3 nitrogen and oxygen atoms in total. The number of nitrogens with zero attached hydrogens (tertiary/aromatic N) is 1. The topological polar surface area (TPSA) is 32.3 Å². The second-order valence-corrected chi connectivity index (χ2v) is 5.13. The molecule has 0 bridgehead atoms. The molecule has 2 aliphatic rings. The van der Waals surface area contributed by atoms with Gasteiger partial charge in [-0.2, -0.15) is 0 Å². The van der Waals surface area contributed by atoms with Crippen molar-refractivity contribution in [3.8, 4) is 0 Å². The smallest absolute Gasteiger partial charge is 0.237 e. The van der Waals surface area contributed by atoms with E-state index in [-0.39, 0.29) is 11.9 Å². The number of amides is 1. The first-order chi connectivity index (χ1) is 7.18. The molecule has 86 valence electrons. The highest BCUT2D eigenvalue weighted by Gasteiger charge is 2.33. The van der Waals surface area contributed by atoms with E-state index in [0.717, 1.165) is 13.0 Å². The van der Waals surface area contributed by atoms with Crippen LogP contribution in [0.1, 0.15) is 46.0 Å². The average molecular weight is 210 g/mol. The summed E-state index contributed by atoms with van der Waals surface area (Å²) in [5, 5.41) is 3.16. The molecule has 15 heavy (non-hydrogen) atoms. The third-order valence-electron chi connectivity index (χ3n) is 3.71. The Hall–Kier alpha value is -0.570. The SMILES string of the molecule is CC(C)N1CCCC1C(=O)NC1CCC1. The summed E-state index contributed by atoms with van der Waals surface area (Å²) in [7, 11) is 0. The van der Waals surface area contributed by atoms with Gasteiger partial charge in [-0.15, -0.1) is 0 Å². The third-order valence-corrected chi connectivity index (χ3v) is 3.71.